The lowest BCUT2D eigenvalue weighted by molar-refractivity contribution is 0.0495. The second-order valence-corrected chi connectivity index (χ2v) is 13.9. The highest BCUT2D eigenvalue weighted by molar-refractivity contribution is 7.90. The number of alkyl carbamates (subject to hydrolysis) is 1. The number of pyridine rings is 1. The topological polar surface area (TPSA) is 112 Å². The fourth-order valence-electron chi connectivity index (χ4n) is 4.64. The first kappa shape index (κ1) is 29.3. The first-order chi connectivity index (χ1) is 18.6. The number of hydrogen-bond donors (Lipinski definition) is 1. The number of carbonyl (C=O) groups is 2. The van der Waals surface area contributed by atoms with E-state index >= 15 is 0 Å². The van der Waals surface area contributed by atoms with Gasteiger partial charge in [-0.05, 0) is 63.3 Å². The minimum Gasteiger partial charge on any atom is -0.444 e. The van der Waals surface area contributed by atoms with Crippen molar-refractivity contribution in [2.24, 2.45) is 7.05 Å². The van der Waals surface area contributed by atoms with Crippen LogP contribution in [0.2, 0.25) is 0 Å². The summed E-state index contributed by atoms with van der Waals surface area (Å²) in [5, 5.41) is 2.96. The smallest absolute Gasteiger partial charge is 0.408 e. The van der Waals surface area contributed by atoms with Crippen LogP contribution in [-0.4, -0.2) is 36.2 Å². The largest absolute Gasteiger partial charge is 0.444 e. The number of nitrogens with one attached hydrogen (secondary N) is 1. The Morgan fingerprint density at radius 3 is 2.25 bits per heavy atom. The van der Waals surface area contributed by atoms with Gasteiger partial charge >= 0.3 is 6.09 Å². The zero-order valence-electron chi connectivity index (χ0n) is 23.8. The number of aromatic nitrogens is 1. The van der Waals surface area contributed by atoms with Crippen LogP contribution in [0.4, 0.5) is 4.79 Å². The maximum atomic E-state index is 13.8. The summed E-state index contributed by atoms with van der Waals surface area (Å²) in [7, 11) is -1.74. The molecule has 0 radical (unpaired) electrons. The average molecular weight is 565 g/mol. The van der Waals surface area contributed by atoms with Gasteiger partial charge in [0.15, 0.2) is 15.6 Å². The fraction of sp³-hybridized carbons (Fsp3) is 0.387. The fourth-order valence-corrected chi connectivity index (χ4v) is 5.54. The van der Waals surface area contributed by atoms with Crippen LogP contribution in [0, 0.1) is 6.92 Å². The SMILES string of the molecule is CCS(=O)(=O)Cc1ccc(C(=O)c2ccc(C)cc2)c(-c2cn(C)c(=O)cc2C2(NC(=O)OC(C)(C)C)CC2)c1. The number of hydrogen-bond acceptors (Lipinski definition) is 6. The highest BCUT2D eigenvalue weighted by Crippen LogP contribution is 2.49. The third-order valence-corrected chi connectivity index (χ3v) is 8.65. The van der Waals surface area contributed by atoms with Gasteiger partial charge in [-0.15, -0.1) is 0 Å². The zero-order chi connectivity index (χ0) is 29.5. The Bertz CT molecular complexity index is 1630. The van der Waals surface area contributed by atoms with Crippen molar-refractivity contribution < 1.29 is 22.7 Å². The van der Waals surface area contributed by atoms with Crippen LogP contribution in [0.3, 0.4) is 0 Å². The number of aryl methyl sites for hydroxylation is 2. The lowest BCUT2D eigenvalue weighted by Crippen LogP contribution is -2.40. The van der Waals surface area contributed by atoms with E-state index in [1.165, 1.54) is 10.6 Å². The Kier molecular flexibility index (Phi) is 7.82. The van der Waals surface area contributed by atoms with Crippen molar-refractivity contribution in [1.29, 1.82) is 0 Å². The predicted octanol–water partition coefficient (Wildman–Crippen LogP) is 5.04. The molecule has 0 atom stereocenters. The van der Waals surface area contributed by atoms with E-state index < -0.39 is 27.1 Å². The Labute approximate surface area is 235 Å². The molecule has 0 bridgehead atoms. The lowest BCUT2D eigenvalue weighted by Gasteiger charge is -2.26. The summed E-state index contributed by atoms with van der Waals surface area (Å²) in [5.74, 6) is -0.428. The molecule has 1 N–H and O–H groups in total. The van der Waals surface area contributed by atoms with E-state index in [1.54, 1.807) is 71.3 Å². The number of sulfone groups is 1. The number of benzene rings is 2. The van der Waals surface area contributed by atoms with Gasteiger partial charge in [0.1, 0.15) is 5.60 Å². The van der Waals surface area contributed by atoms with E-state index in [0.717, 1.165) is 5.56 Å². The van der Waals surface area contributed by atoms with E-state index in [1.807, 2.05) is 19.1 Å². The molecule has 2 aromatic carbocycles. The van der Waals surface area contributed by atoms with Gasteiger partial charge in [-0.1, -0.05) is 48.9 Å². The number of ether oxygens (including phenoxy) is 1. The molecule has 9 heteroatoms. The maximum absolute atomic E-state index is 13.8. The molecular formula is C31H36N2O6S. The van der Waals surface area contributed by atoms with Gasteiger partial charge in [0, 0.05) is 41.8 Å². The van der Waals surface area contributed by atoms with E-state index in [4.69, 9.17) is 4.74 Å². The molecule has 0 unspecified atom stereocenters. The summed E-state index contributed by atoms with van der Waals surface area (Å²) in [5.41, 5.74) is 2.21. The van der Waals surface area contributed by atoms with Gasteiger partial charge < -0.3 is 14.6 Å². The number of carbonyl (C=O) groups excluding carboxylic acids is 2. The number of ketones is 1. The molecule has 8 nitrogen and oxygen atoms in total. The van der Waals surface area contributed by atoms with Crippen molar-refractivity contribution in [3.63, 3.8) is 0 Å². The number of nitrogens with zero attached hydrogens (tertiary/aromatic N) is 1. The van der Waals surface area contributed by atoms with Gasteiger partial charge in [0.25, 0.3) is 5.56 Å². The van der Waals surface area contributed by atoms with Gasteiger partial charge in [-0.2, -0.15) is 0 Å². The predicted molar refractivity (Wildman–Crippen MR) is 155 cm³/mol. The summed E-state index contributed by atoms with van der Waals surface area (Å²) in [6.45, 7) is 8.85. The molecule has 1 amide bonds. The molecule has 0 aliphatic heterocycles. The summed E-state index contributed by atoms with van der Waals surface area (Å²) in [6, 6.07) is 13.7. The highest BCUT2D eigenvalue weighted by atomic mass is 32.2. The van der Waals surface area contributed by atoms with Crippen LogP contribution < -0.4 is 10.9 Å². The minimum atomic E-state index is -3.35. The van der Waals surface area contributed by atoms with E-state index in [0.29, 0.717) is 46.2 Å². The van der Waals surface area contributed by atoms with Gasteiger partial charge in [-0.25, -0.2) is 13.2 Å². The van der Waals surface area contributed by atoms with E-state index in [-0.39, 0.29) is 22.8 Å². The standard InChI is InChI=1S/C31H36N2O6S/c1-7-40(37,38)19-21-10-13-23(28(35)22-11-8-20(2)9-12-22)24(16-21)25-18-33(6)27(34)17-26(25)31(14-15-31)32-29(36)39-30(3,4)5/h8-13,16-18H,7,14-15,19H2,1-6H3,(H,32,36). The number of rotatable bonds is 8. The molecule has 4 rings (SSSR count). The van der Waals surface area contributed by atoms with Crippen molar-refractivity contribution in [3.05, 3.63) is 92.9 Å². The highest BCUT2D eigenvalue weighted by Gasteiger charge is 2.48. The molecule has 0 saturated heterocycles. The second-order valence-electron chi connectivity index (χ2n) is 11.5. The molecule has 3 aromatic rings. The van der Waals surface area contributed by atoms with Crippen molar-refractivity contribution in [2.45, 2.75) is 64.4 Å². The van der Waals surface area contributed by atoms with Crippen molar-refractivity contribution >= 4 is 21.7 Å². The molecule has 1 fully saturated rings. The summed E-state index contributed by atoms with van der Waals surface area (Å²) in [6.07, 6.45) is 2.21. The average Bonchev–Trinajstić information content (AvgIpc) is 3.64. The van der Waals surface area contributed by atoms with Crippen LogP contribution in [0.15, 0.2) is 59.5 Å². The van der Waals surface area contributed by atoms with Gasteiger partial charge in [-0.3, -0.25) is 9.59 Å². The Balaban J connectivity index is 1.91. The molecular weight excluding hydrogens is 528 g/mol. The normalized spacial score (nSPS) is 14.4. The van der Waals surface area contributed by atoms with Crippen LogP contribution in [0.25, 0.3) is 11.1 Å². The van der Waals surface area contributed by atoms with Crippen molar-refractivity contribution in [3.8, 4) is 11.1 Å². The van der Waals surface area contributed by atoms with Crippen molar-refractivity contribution in [1.82, 2.24) is 9.88 Å². The first-order valence-corrected chi connectivity index (χ1v) is 15.1. The van der Waals surface area contributed by atoms with Crippen LogP contribution >= 0.6 is 0 Å². The first-order valence-electron chi connectivity index (χ1n) is 13.3. The summed E-state index contributed by atoms with van der Waals surface area (Å²) in [4.78, 5) is 39.4. The van der Waals surface area contributed by atoms with E-state index in [2.05, 4.69) is 5.32 Å². The Morgan fingerprint density at radius 1 is 1.02 bits per heavy atom. The summed E-state index contributed by atoms with van der Waals surface area (Å²) < 4.78 is 31.9. The van der Waals surface area contributed by atoms with Gasteiger partial charge in [0.2, 0.25) is 0 Å². The Morgan fingerprint density at radius 2 is 1.68 bits per heavy atom. The molecule has 1 aliphatic carbocycles. The molecule has 1 saturated carbocycles. The third kappa shape index (κ3) is 6.53. The molecule has 0 spiro atoms. The van der Waals surface area contributed by atoms with Crippen LogP contribution in [-0.2, 0) is 32.9 Å². The lowest BCUT2D eigenvalue weighted by atomic mass is 9.88. The van der Waals surface area contributed by atoms with Crippen LogP contribution in [0.1, 0.15) is 73.1 Å². The Hall–Kier alpha value is -3.72. The molecule has 1 heterocycles. The van der Waals surface area contributed by atoms with Crippen LogP contribution in [0.5, 0.6) is 0 Å². The molecule has 40 heavy (non-hydrogen) atoms. The van der Waals surface area contributed by atoms with Crippen molar-refractivity contribution in [2.75, 3.05) is 5.75 Å². The quantitative estimate of drug-likeness (QED) is 0.384. The molecule has 1 aromatic heterocycles. The third-order valence-electron chi connectivity index (χ3n) is 6.99. The minimum absolute atomic E-state index is 0.0135. The number of amides is 1. The maximum Gasteiger partial charge on any atom is 0.408 e. The van der Waals surface area contributed by atoms with Gasteiger partial charge in [0.05, 0.1) is 11.3 Å². The van der Waals surface area contributed by atoms with E-state index in [9.17, 15) is 22.8 Å². The molecule has 212 valence electrons. The summed E-state index contributed by atoms with van der Waals surface area (Å²) >= 11 is 0. The second kappa shape index (κ2) is 10.7. The monoisotopic (exact) mass is 564 g/mol. The zero-order valence-corrected chi connectivity index (χ0v) is 24.6. The molecule has 1 aliphatic rings.